The molecule has 1 aromatic rings. The van der Waals surface area contributed by atoms with E-state index in [2.05, 4.69) is 40.5 Å². The molecule has 4 heteroatoms. The second-order valence-electron chi connectivity index (χ2n) is 7.71. The Morgan fingerprint density at radius 3 is 2.78 bits per heavy atom. The van der Waals surface area contributed by atoms with Crippen LogP contribution in [0.3, 0.4) is 0 Å². The van der Waals surface area contributed by atoms with Gasteiger partial charge in [0.15, 0.2) is 0 Å². The van der Waals surface area contributed by atoms with E-state index >= 15 is 0 Å². The Labute approximate surface area is 137 Å². The molecule has 2 N–H and O–H groups in total. The van der Waals surface area contributed by atoms with Crippen LogP contribution in [0, 0.1) is 5.41 Å². The first-order chi connectivity index (χ1) is 11.2. The normalized spacial score (nSPS) is 31.9. The van der Waals surface area contributed by atoms with Crippen LogP contribution in [0.1, 0.15) is 43.6 Å². The van der Waals surface area contributed by atoms with Crippen LogP contribution in [0.4, 0.5) is 0 Å². The Bertz CT molecular complexity index is 570. The summed E-state index contributed by atoms with van der Waals surface area (Å²) in [6, 6.07) is 11.1. The lowest BCUT2D eigenvalue weighted by molar-refractivity contribution is -0.142. The lowest BCUT2D eigenvalue weighted by atomic mass is 10.1. The van der Waals surface area contributed by atoms with Crippen molar-refractivity contribution in [2.75, 3.05) is 19.6 Å². The molecule has 4 rings (SSSR count). The number of nitrogens with zero attached hydrogens (tertiary/aromatic N) is 1. The fourth-order valence-electron chi connectivity index (χ4n) is 4.13. The summed E-state index contributed by atoms with van der Waals surface area (Å²) in [5.74, 6) is 0.0307. The average Bonchev–Trinajstić information content (AvgIpc) is 3.44. The van der Waals surface area contributed by atoms with E-state index in [1.165, 1.54) is 24.8 Å². The summed E-state index contributed by atoms with van der Waals surface area (Å²) in [6.07, 6.45) is 5.56. The molecule has 3 atom stereocenters. The standard InChI is InChI=1S/C19H26N2O2/c22-18(23)17-7-4-10-21(17)13-19(8-9-19)12-20-16-11-15(16)14-5-2-1-3-6-14/h1-3,5-6,15-17,20H,4,7-13H2,(H,22,23)/t15?,16?,17-/m0/s1. The number of carboxylic acids is 1. The highest BCUT2D eigenvalue weighted by molar-refractivity contribution is 5.73. The van der Waals surface area contributed by atoms with Gasteiger partial charge in [-0.3, -0.25) is 9.69 Å². The van der Waals surface area contributed by atoms with Gasteiger partial charge < -0.3 is 10.4 Å². The number of aliphatic carboxylic acids is 1. The molecule has 1 heterocycles. The lowest BCUT2D eigenvalue weighted by Gasteiger charge is -2.27. The van der Waals surface area contributed by atoms with Crippen LogP contribution in [0.15, 0.2) is 30.3 Å². The molecule has 2 saturated carbocycles. The molecule has 0 spiro atoms. The van der Waals surface area contributed by atoms with E-state index < -0.39 is 5.97 Å². The highest BCUT2D eigenvalue weighted by Crippen LogP contribution is 2.48. The van der Waals surface area contributed by atoms with Gasteiger partial charge in [-0.2, -0.15) is 0 Å². The quantitative estimate of drug-likeness (QED) is 0.812. The molecule has 124 valence electrons. The van der Waals surface area contributed by atoms with Gasteiger partial charge in [0.2, 0.25) is 0 Å². The third kappa shape index (κ3) is 3.29. The van der Waals surface area contributed by atoms with Gasteiger partial charge in [0.25, 0.3) is 0 Å². The van der Waals surface area contributed by atoms with Gasteiger partial charge in [-0.05, 0) is 49.6 Å². The van der Waals surface area contributed by atoms with Gasteiger partial charge >= 0.3 is 5.97 Å². The summed E-state index contributed by atoms with van der Waals surface area (Å²) >= 11 is 0. The smallest absolute Gasteiger partial charge is 0.320 e. The van der Waals surface area contributed by atoms with Crippen LogP contribution in [-0.2, 0) is 4.79 Å². The van der Waals surface area contributed by atoms with Crippen molar-refractivity contribution in [1.29, 1.82) is 0 Å². The molecular formula is C19H26N2O2. The van der Waals surface area contributed by atoms with E-state index in [1.807, 2.05) is 0 Å². The van der Waals surface area contributed by atoms with Crippen molar-refractivity contribution in [2.24, 2.45) is 5.41 Å². The molecule has 0 amide bonds. The minimum absolute atomic E-state index is 0.245. The number of carboxylic acid groups (broad SMARTS) is 1. The lowest BCUT2D eigenvalue weighted by Crippen LogP contribution is -2.42. The van der Waals surface area contributed by atoms with E-state index in [9.17, 15) is 9.90 Å². The first kappa shape index (κ1) is 15.2. The Morgan fingerprint density at radius 2 is 2.09 bits per heavy atom. The summed E-state index contributed by atoms with van der Waals surface area (Å²) in [5, 5.41) is 13.1. The van der Waals surface area contributed by atoms with Crippen molar-refractivity contribution in [2.45, 2.75) is 50.1 Å². The van der Waals surface area contributed by atoms with E-state index in [1.54, 1.807) is 0 Å². The van der Waals surface area contributed by atoms with Gasteiger partial charge in [-0.25, -0.2) is 0 Å². The summed E-state index contributed by atoms with van der Waals surface area (Å²) in [5.41, 5.74) is 1.78. The predicted molar refractivity (Wildman–Crippen MR) is 89.5 cm³/mol. The maximum atomic E-state index is 11.3. The molecule has 1 aliphatic heterocycles. The van der Waals surface area contributed by atoms with Crippen molar-refractivity contribution < 1.29 is 9.90 Å². The number of nitrogens with one attached hydrogen (secondary N) is 1. The number of hydrogen-bond acceptors (Lipinski definition) is 3. The molecule has 2 aliphatic carbocycles. The van der Waals surface area contributed by atoms with Gasteiger partial charge in [-0.15, -0.1) is 0 Å². The van der Waals surface area contributed by atoms with E-state index in [-0.39, 0.29) is 6.04 Å². The van der Waals surface area contributed by atoms with Gasteiger partial charge in [-0.1, -0.05) is 30.3 Å². The van der Waals surface area contributed by atoms with E-state index in [0.29, 0.717) is 17.4 Å². The molecule has 2 unspecified atom stereocenters. The largest absolute Gasteiger partial charge is 0.480 e. The van der Waals surface area contributed by atoms with E-state index in [0.717, 1.165) is 32.5 Å². The van der Waals surface area contributed by atoms with Gasteiger partial charge in [0, 0.05) is 25.0 Å². The Hall–Kier alpha value is -1.39. The molecule has 0 aromatic heterocycles. The molecule has 1 saturated heterocycles. The van der Waals surface area contributed by atoms with Crippen LogP contribution in [0.25, 0.3) is 0 Å². The minimum atomic E-state index is -0.641. The molecule has 0 bridgehead atoms. The van der Waals surface area contributed by atoms with Crippen molar-refractivity contribution in [3.63, 3.8) is 0 Å². The van der Waals surface area contributed by atoms with Crippen LogP contribution < -0.4 is 5.32 Å². The Balaban J connectivity index is 1.28. The minimum Gasteiger partial charge on any atom is -0.480 e. The first-order valence-corrected chi connectivity index (χ1v) is 8.92. The van der Waals surface area contributed by atoms with Gasteiger partial charge in [0.05, 0.1) is 0 Å². The highest BCUT2D eigenvalue weighted by Gasteiger charge is 2.48. The molecule has 23 heavy (non-hydrogen) atoms. The summed E-state index contributed by atoms with van der Waals surface area (Å²) in [4.78, 5) is 13.5. The second kappa shape index (κ2) is 5.91. The van der Waals surface area contributed by atoms with Crippen molar-refractivity contribution in [1.82, 2.24) is 10.2 Å². The zero-order valence-corrected chi connectivity index (χ0v) is 13.6. The van der Waals surface area contributed by atoms with E-state index in [4.69, 9.17) is 0 Å². The van der Waals surface area contributed by atoms with Crippen LogP contribution in [0.5, 0.6) is 0 Å². The second-order valence-corrected chi connectivity index (χ2v) is 7.71. The zero-order valence-electron chi connectivity index (χ0n) is 13.6. The molecule has 0 radical (unpaired) electrons. The third-order valence-corrected chi connectivity index (χ3v) is 5.90. The number of hydrogen-bond donors (Lipinski definition) is 2. The predicted octanol–water partition coefficient (Wildman–Crippen LogP) is 2.46. The summed E-state index contributed by atoms with van der Waals surface area (Å²) < 4.78 is 0. The number of likely N-dealkylation sites (tertiary alicyclic amines) is 1. The number of carbonyl (C=O) groups is 1. The van der Waals surface area contributed by atoms with Crippen molar-refractivity contribution in [3.8, 4) is 0 Å². The molecule has 4 nitrogen and oxygen atoms in total. The topological polar surface area (TPSA) is 52.6 Å². The van der Waals surface area contributed by atoms with Crippen LogP contribution >= 0.6 is 0 Å². The molecule has 3 fully saturated rings. The number of benzene rings is 1. The SMILES string of the molecule is O=C(O)[C@@H]1CCCN1CC1(CNC2CC2c2ccccc2)CC1. The van der Waals surface area contributed by atoms with Crippen LogP contribution in [-0.4, -0.2) is 47.7 Å². The van der Waals surface area contributed by atoms with Crippen LogP contribution in [0.2, 0.25) is 0 Å². The third-order valence-electron chi connectivity index (χ3n) is 5.90. The monoisotopic (exact) mass is 314 g/mol. The Morgan fingerprint density at radius 1 is 1.30 bits per heavy atom. The first-order valence-electron chi connectivity index (χ1n) is 8.92. The molecular weight excluding hydrogens is 288 g/mol. The fourth-order valence-corrected chi connectivity index (χ4v) is 4.13. The fraction of sp³-hybridized carbons (Fsp3) is 0.632. The van der Waals surface area contributed by atoms with Gasteiger partial charge in [0.1, 0.15) is 6.04 Å². The molecule has 3 aliphatic rings. The summed E-state index contributed by atoms with van der Waals surface area (Å²) in [6.45, 7) is 2.96. The van der Waals surface area contributed by atoms with Crippen molar-refractivity contribution >= 4 is 5.97 Å². The highest BCUT2D eigenvalue weighted by atomic mass is 16.4. The van der Waals surface area contributed by atoms with Crippen molar-refractivity contribution in [3.05, 3.63) is 35.9 Å². The average molecular weight is 314 g/mol. The number of rotatable bonds is 7. The maximum absolute atomic E-state index is 11.3. The molecule has 1 aromatic carbocycles. The Kier molecular flexibility index (Phi) is 3.90. The summed E-state index contributed by atoms with van der Waals surface area (Å²) in [7, 11) is 0. The zero-order chi connectivity index (χ0) is 15.9. The maximum Gasteiger partial charge on any atom is 0.320 e.